The van der Waals surface area contributed by atoms with Crippen molar-refractivity contribution in [1.82, 2.24) is 9.80 Å². The Morgan fingerprint density at radius 3 is 2.52 bits per heavy atom. The second-order valence-corrected chi connectivity index (χ2v) is 5.83. The maximum Gasteiger partial charge on any atom is 0.409 e. The highest BCUT2D eigenvalue weighted by atomic mass is 16.6. The summed E-state index contributed by atoms with van der Waals surface area (Å²) in [6, 6.07) is 6.01. The third-order valence-electron chi connectivity index (χ3n) is 3.93. The summed E-state index contributed by atoms with van der Waals surface area (Å²) < 4.78 is 4.99. The molecule has 1 heterocycles. The van der Waals surface area contributed by atoms with E-state index in [0.717, 1.165) is 16.8 Å². The number of benzene rings is 1. The lowest BCUT2D eigenvalue weighted by Crippen LogP contribution is -2.50. The van der Waals surface area contributed by atoms with Crippen molar-refractivity contribution >= 4 is 17.7 Å². The van der Waals surface area contributed by atoms with E-state index in [4.69, 9.17) is 4.74 Å². The van der Waals surface area contributed by atoms with Crippen LogP contribution in [0.5, 0.6) is 0 Å². The van der Waals surface area contributed by atoms with E-state index < -0.39 is 0 Å². The average molecular weight is 319 g/mol. The maximum absolute atomic E-state index is 12.2. The van der Waals surface area contributed by atoms with Gasteiger partial charge in [0.2, 0.25) is 5.91 Å². The van der Waals surface area contributed by atoms with Gasteiger partial charge in [-0.15, -0.1) is 0 Å². The molecule has 6 nitrogen and oxygen atoms in total. The van der Waals surface area contributed by atoms with Gasteiger partial charge in [-0.3, -0.25) is 9.69 Å². The summed E-state index contributed by atoms with van der Waals surface area (Å²) in [4.78, 5) is 27.6. The first-order valence-electron chi connectivity index (χ1n) is 8.00. The normalized spacial score (nSPS) is 15.3. The van der Waals surface area contributed by atoms with E-state index in [1.165, 1.54) is 0 Å². The lowest BCUT2D eigenvalue weighted by molar-refractivity contribution is -0.117. The molecule has 1 aromatic rings. The molecule has 1 fully saturated rings. The van der Waals surface area contributed by atoms with Gasteiger partial charge in [-0.1, -0.05) is 12.1 Å². The van der Waals surface area contributed by atoms with Crippen LogP contribution in [0.4, 0.5) is 10.5 Å². The molecule has 0 aliphatic carbocycles. The van der Waals surface area contributed by atoms with Gasteiger partial charge in [0, 0.05) is 31.9 Å². The van der Waals surface area contributed by atoms with Crippen molar-refractivity contribution in [2.75, 3.05) is 44.6 Å². The number of amides is 2. The highest BCUT2D eigenvalue weighted by Crippen LogP contribution is 2.16. The largest absolute Gasteiger partial charge is 0.450 e. The van der Waals surface area contributed by atoms with Gasteiger partial charge in [0.15, 0.2) is 0 Å². The van der Waals surface area contributed by atoms with E-state index in [2.05, 4.69) is 10.2 Å². The van der Waals surface area contributed by atoms with Crippen molar-refractivity contribution in [3.05, 3.63) is 29.3 Å². The molecule has 0 spiro atoms. The molecule has 1 saturated heterocycles. The van der Waals surface area contributed by atoms with Crippen molar-refractivity contribution in [3.63, 3.8) is 0 Å². The molecule has 1 aliphatic heterocycles. The quantitative estimate of drug-likeness (QED) is 0.922. The van der Waals surface area contributed by atoms with Crippen LogP contribution in [0.2, 0.25) is 0 Å². The Bertz CT molecular complexity index is 566. The van der Waals surface area contributed by atoms with Crippen LogP contribution in [0, 0.1) is 13.8 Å². The van der Waals surface area contributed by atoms with Gasteiger partial charge in [-0.2, -0.15) is 0 Å². The van der Waals surface area contributed by atoms with E-state index >= 15 is 0 Å². The molecular weight excluding hydrogens is 294 g/mol. The van der Waals surface area contributed by atoms with Crippen LogP contribution in [0.15, 0.2) is 18.2 Å². The highest BCUT2D eigenvalue weighted by molar-refractivity contribution is 5.93. The Morgan fingerprint density at radius 2 is 1.87 bits per heavy atom. The van der Waals surface area contributed by atoms with Crippen LogP contribution in [0.3, 0.4) is 0 Å². The van der Waals surface area contributed by atoms with Crippen molar-refractivity contribution in [2.45, 2.75) is 20.8 Å². The summed E-state index contributed by atoms with van der Waals surface area (Å²) in [6.07, 6.45) is -0.271. The Labute approximate surface area is 137 Å². The van der Waals surface area contributed by atoms with Gasteiger partial charge in [-0.25, -0.2) is 4.79 Å². The molecule has 126 valence electrons. The number of piperazine rings is 1. The Hall–Kier alpha value is -2.08. The molecule has 1 N–H and O–H groups in total. The second-order valence-electron chi connectivity index (χ2n) is 5.83. The standard InChI is InChI=1S/C17H25N3O3/c1-4-23-17(22)20-9-7-19(8-10-20)12-16(21)18-15-11-13(2)5-6-14(15)3/h5-6,11H,4,7-10,12H2,1-3H3,(H,18,21). The third-order valence-corrected chi connectivity index (χ3v) is 3.93. The van der Waals surface area contributed by atoms with Crippen LogP contribution < -0.4 is 5.32 Å². The third kappa shape index (κ3) is 4.96. The fourth-order valence-corrected chi connectivity index (χ4v) is 2.57. The van der Waals surface area contributed by atoms with E-state index in [9.17, 15) is 9.59 Å². The van der Waals surface area contributed by atoms with E-state index in [1.807, 2.05) is 32.0 Å². The molecule has 2 rings (SSSR count). The Balaban J connectivity index is 1.81. The number of nitrogens with zero attached hydrogens (tertiary/aromatic N) is 2. The van der Waals surface area contributed by atoms with Gasteiger partial charge in [0.1, 0.15) is 0 Å². The zero-order valence-electron chi connectivity index (χ0n) is 14.1. The molecule has 0 bridgehead atoms. The van der Waals surface area contributed by atoms with Crippen LogP contribution in [-0.4, -0.2) is 61.1 Å². The van der Waals surface area contributed by atoms with E-state index in [-0.39, 0.29) is 12.0 Å². The number of ether oxygens (including phenoxy) is 1. The summed E-state index contributed by atoms with van der Waals surface area (Å²) in [5.41, 5.74) is 3.03. The van der Waals surface area contributed by atoms with Gasteiger partial charge in [0.25, 0.3) is 0 Å². The van der Waals surface area contributed by atoms with Crippen LogP contribution >= 0.6 is 0 Å². The number of hydrogen-bond donors (Lipinski definition) is 1. The number of nitrogens with one attached hydrogen (secondary N) is 1. The highest BCUT2D eigenvalue weighted by Gasteiger charge is 2.23. The molecule has 23 heavy (non-hydrogen) atoms. The fraction of sp³-hybridized carbons (Fsp3) is 0.529. The zero-order chi connectivity index (χ0) is 16.8. The number of anilines is 1. The SMILES string of the molecule is CCOC(=O)N1CCN(CC(=O)Nc2cc(C)ccc2C)CC1. The Morgan fingerprint density at radius 1 is 1.17 bits per heavy atom. The number of carbonyl (C=O) groups is 2. The predicted octanol–water partition coefficient (Wildman–Crippen LogP) is 2.02. The van der Waals surface area contributed by atoms with Crippen LogP contribution in [0.25, 0.3) is 0 Å². The first kappa shape index (κ1) is 17.3. The number of carbonyl (C=O) groups excluding carboxylic acids is 2. The lowest BCUT2D eigenvalue weighted by Gasteiger charge is -2.33. The first-order chi connectivity index (χ1) is 11.0. The van der Waals surface area contributed by atoms with Gasteiger partial charge >= 0.3 is 6.09 Å². The van der Waals surface area contributed by atoms with Crippen LogP contribution in [-0.2, 0) is 9.53 Å². The molecule has 2 amide bonds. The van der Waals surface area contributed by atoms with E-state index in [0.29, 0.717) is 39.3 Å². The minimum atomic E-state index is -0.271. The molecule has 0 radical (unpaired) electrons. The average Bonchev–Trinajstić information content (AvgIpc) is 2.52. The van der Waals surface area contributed by atoms with E-state index in [1.54, 1.807) is 11.8 Å². The molecule has 1 aliphatic rings. The molecule has 0 atom stereocenters. The van der Waals surface area contributed by atoms with Gasteiger partial charge in [0.05, 0.1) is 13.2 Å². The summed E-state index contributed by atoms with van der Waals surface area (Å²) in [7, 11) is 0. The number of rotatable bonds is 4. The van der Waals surface area contributed by atoms with Crippen molar-refractivity contribution < 1.29 is 14.3 Å². The minimum Gasteiger partial charge on any atom is -0.450 e. The number of aryl methyl sites for hydroxylation is 2. The predicted molar refractivity (Wildman–Crippen MR) is 89.6 cm³/mol. The molecule has 6 heteroatoms. The van der Waals surface area contributed by atoms with Gasteiger partial charge in [-0.05, 0) is 38.0 Å². The first-order valence-corrected chi connectivity index (χ1v) is 8.00. The second kappa shape index (κ2) is 7.97. The van der Waals surface area contributed by atoms with Crippen LogP contribution in [0.1, 0.15) is 18.1 Å². The molecule has 0 unspecified atom stereocenters. The molecular formula is C17H25N3O3. The van der Waals surface area contributed by atoms with Crippen molar-refractivity contribution in [1.29, 1.82) is 0 Å². The molecule has 1 aromatic carbocycles. The Kier molecular flexibility index (Phi) is 5.98. The van der Waals surface area contributed by atoms with Crippen molar-refractivity contribution in [3.8, 4) is 0 Å². The summed E-state index contributed by atoms with van der Waals surface area (Å²) >= 11 is 0. The van der Waals surface area contributed by atoms with Crippen molar-refractivity contribution in [2.24, 2.45) is 0 Å². The zero-order valence-corrected chi connectivity index (χ0v) is 14.1. The minimum absolute atomic E-state index is 0.0247. The smallest absolute Gasteiger partial charge is 0.409 e. The van der Waals surface area contributed by atoms with Gasteiger partial charge < -0.3 is 15.0 Å². The maximum atomic E-state index is 12.2. The molecule has 0 aromatic heterocycles. The molecule has 0 saturated carbocycles. The summed E-state index contributed by atoms with van der Waals surface area (Å²) in [6.45, 7) is 9.05. The lowest BCUT2D eigenvalue weighted by atomic mass is 10.1. The number of hydrogen-bond acceptors (Lipinski definition) is 4. The fourth-order valence-electron chi connectivity index (χ4n) is 2.57. The summed E-state index contributed by atoms with van der Waals surface area (Å²) in [5.74, 6) is -0.0247. The summed E-state index contributed by atoms with van der Waals surface area (Å²) in [5, 5.41) is 2.97. The monoisotopic (exact) mass is 319 g/mol. The topological polar surface area (TPSA) is 61.9 Å².